The van der Waals surface area contributed by atoms with E-state index in [1.807, 2.05) is 19.1 Å². The number of amides is 1. The number of rotatable bonds is 6. The number of anilines is 1. The van der Waals surface area contributed by atoms with E-state index in [1.165, 1.54) is 26.4 Å². The molecule has 0 saturated carbocycles. The Morgan fingerprint density at radius 1 is 1.15 bits per heavy atom. The van der Waals surface area contributed by atoms with Crippen molar-refractivity contribution in [2.75, 3.05) is 26.1 Å². The summed E-state index contributed by atoms with van der Waals surface area (Å²) in [6.07, 6.45) is 0. The highest BCUT2D eigenvalue weighted by molar-refractivity contribution is 9.10. The smallest absolute Gasteiger partial charge is 0.338 e. The number of ether oxygens (including phenoxy) is 3. The lowest BCUT2D eigenvalue weighted by molar-refractivity contribution is -0.119. The average Bonchev–Trinajstić information content (AvgIpc) is 2.61. The maximum atomic E-state index is 12.2. The molecule has 0 unspecified atom stereocenters. The van der Waals surface area contributed by atoms with Crippen LogP contribution < -0.4 is 14.8 Å². The molecule has 0 spiro atoms. The first-order chi connectivity index (χ1) is 12.3. The second-order valence-electron chi connectivity index (χ2n) is 5.30. The van der Waals surface area contributed by atoms with Crippen molar-refractivity contribution in [3.8, 4) is 11.5 Å². The summed E-state index contributed by atoms with van der Waals surface area (Å²) in [5.74, 6) is -0.562. The molecule has 0 aliphatic carbocycles. The zero-order valence-electron chi connectivity index (χ0n) is 14.4. The molecule has 2 aromatic rings. The lowest BCUT2D eigenvalue weighted by Gasteiger charge is -2.12. The number of aryl methyl sites for hydroxylation is 1. The summed E-state index contributed by atoms with van der Waals surface area (Å²) >= 11 is 9.43. The Labute approximate surface area is 164 Å². The number of methoxy groups -OCH3 is 2. The van der Waals surface area contributed by atoms with E-state index in [2.05, 4.69) is 21.2 Å². The lowest BCUT2D eigenvalue weighted by Crippen LogP contribution is -2.21. The third kappa shape index (κ3) is 4.89. The van der Waals surface area contributed by atoms with E-state index in [-0.39, 0.29) is 10.6 Å². The molecule has 2 aromatic carbocycles. The summed E-state index contributed by atoms with van der Waals surface area (Å²) in [6.45, 7) is 1.50. The van der Waals surface area contributed by atoms with Gasteiger partial charge in [0.05, 0.1) is 30.5 Å². The lowest BCUT2D eigenvalue weighted by atomic mass is 10.2. The van der Waals surface area contributed by atoms with Gasteiger partial charge in [-0.25, -0.2) is 4.79 Å². The summed E-state index contributed by atoms with van der Waals surface area (Å²) in [5, 5.41) is 2.86. The molecule has 0 bridgehead atoms. The molecule has 0 atom stereocenters. The Balaban J connectivity index is 2.02. The van der Waals surface area contributed by atoms with Crippen LogP contribution in [0.2, 0.25) is 5.02 Å². The van der Waals surface area contributed by atoms with Gasteiger partial charge in [0, 0.05) is 4.47 Å². The van der Waals surface area contributed by atoms with Crippen molar-refractivity contribution in [2.24, 2.45) is 0 Å². The van der Waals surface area contributed by atoms with Crippen LogP contribution in [0.3, 0.4) is 0 Å². The minimum Gasteiger partial charge on any atom is -0.493 e. The van der Waals surface area contributed by atoms with Crippen molar-refractivity contribution in [1.29, 1.82) is 0 Å². The van der Waals surface area contributed by atoms with Crippen molar-refractivity contribution in [1.82, 2.24) is 0 Å². The number of esters is 1. The number of nitrogens with one attached hydrogen (secondary N) is 1. The van der Waals surface area contributed by atoms with Gasteiger partial charge in [0.1, 0.15) is 0 Å². The van der Waals surface area contributed by atoms with Crippen LogP contribution >= 0.6 is 27.5 Å². The Bertz CT molecular complexity index is 841. The van der Waals surface area contributed by atoms with Crippen LogP contribution in [0, 0.1) is 6.92 Å². The Morgan fingerprint density at radius 3 is 2.50 bits per heavy atom. The van der Waals surface area contributed by atoms with Gasteiger partial charge in [-0.2, -0.15) is 0 Å². The highest BCUT2D eigenvalue weighted by Crippen LogP contribution is 2.36. The fourth-order valence-electron chi connectivity index (χ4n) is 2.16. The second-order valence-corrected chi connectivity index (χ2v) is 6.56. The highest BCUT2D eigenvalue weighted by Gasteiger charge is 2.17. The molecule has 26 heavy (non-hydrogen) atoms. The van der Waals surface area contributed by atoms with Gasteiger partial charge in [0.2, 0.25) is 0 Å². The van der Waals surface area contributed by atoms with E-state index in [4.69, 9.17) is 25.8 Å². The van der Waals surface area contributed by atoms with Crippen molar-refractivity contribution < 1.29 is 23.8 Å². The van der Waals surface area contributed by atoms with E-state index in [9.17, 15) is 9.59 Å². The van der Waals surface area contributed by atoms with Gasteiger partial charge >= 0.3 is 5.97 Å². The molecule has 0 heterocycles. The molecule has 0 aromatic heterocycles. The van der Waals surface area contributed by atoms with Gasteiger partial charge in [-0.05, 0) is 52.7 Å². The van der Waals surface area contributed by atoms with Gasteiger partial charge in [0.25, 0.3) is 5.91 Å². The van der Waals surface area contributed by atoms with Gasteiger partial charge < -0.3 is 19.5 Å². The number of benzene rings is 2. The van der Waals surface area contributed by atoms with Crippen LogP contribution in [0.25, 0.3) is 0 Å². The van der Waals surface area contributed by atoms with Crippen LogP contribution in [0.5, 0.6) is 11.5 Å². The number of hydrogen-bond donors (Lipinski definition) is 1. The van der Waals surface area contributed by atoms with Crippen LogP contribution in [0.1, 0.15) is 15.9 Å². The number of halogens is 2. The van der Waals surface area contributed by atoms with E-state index in [1.54, 1.807) is 6.07 Å². The maximum absolute atomic E-state index is 12.2. The molecule has 2 rings (SSSR count). The Hall–Kier alpha value is -2.25. The zero-order valence-corrected chi connectivity index (χ0v) is 16.7. The third-order valence-corrected chi connectivity index (χ3v) is 4.34. The standard InChI is InChI=1S/C18H17BrClNO5/c1-10-4-5-14(12(19)6-10)21-16(22)9-26-18(23)11-7-13(20)17(25-3)15(8-11)24-2/h4-8H,9H2,1-3H3,(H,21,22). The molecule has 0 radical (unpaired) electrons. The summed E-state index contributed by atoms with van der Waals surface area (Å²) in [7, 11) is 2.87. The van der Waals surface area contributed by atoms with Gasteiger partial charge in [-0.3, -0.25) is 4.79 Å². The topological polar surface area (TPSA) is 73.9 Å². The van der Waals surface area contributed by atoms with Crippen LogP contribution in [-0.2, 0) is 9.53 Å². The van der Waals surface area contributed by atoms with E-state index < -0.39 is 18.5 Å². The summed E-state index contributed by atoms with van der Waals surface area (Å²) < 4.78 is 16.0. The molecule has 1 amide bonds. The highest BCUT2D eigenvalue weighted by atomic mass is 79.9. The molecule has 0 fully saturated rings. The van der Waals surface area contributed by atoms with E-state index in [0.717, 1.165) is 10.0 Å². The number of hydrogen-bond acceptors (Lipinski definition) is 5. The van der Waals surface area contributed by atoms with Gasteiger partial charge in [0.15, 0.2) is 18.1 Å². The van der Waals surface area contributed by atoms with Crippen molar-refractivity contribution in [3.63, 3.8) is 0 Å². The Morgan fingerprint density at radius 2 is 1.88 bits per heavy atom. The largest absolute Gasteiger partial charge is 0.493 e. The zero-order chi connectivity index (χ0) is 19.3. The molecule has 1 N–H and O–H groups in total. The molecule has 8 heteroatoms. The maximum Gasteiger partial charge on any atom is 0.338 e. The predicted octanol–water partition coefficient (Wildman–Crippen LogP) is 4.22. The van der Waals surface area contributed by atoms with Crippen molar-refractivity contribution >= 4 is 45.1 Å². The second kappa shape index (κ2) is 8.91. The predicted molar refractivity (Wildman–Crippen MR) is 102 cm³/mol. The van der Waals surface area contributed by atoms with Crippen LogP contribution in [0.15, 0.2) is 34.8 Å². The van der Waals surface area contributed by atoms with Gasteiger partial charge in [-0.1, -0.05) is 17.7 Å². The van der Waals surface area contributed by atoms with Crippen LogP contribution in [0.4, 0.5) is 5.69 Å². The fraction of sp³-hybridized carbons (Fsp3) is 0.222. The number of carbonyl (C=O) groups is 2. The SMILES string of the molecule is COc1cc(C(=O)OCC(=O)Nc2ccc(C)cc2Br)cc(Cl)c1OC. The normalized spacial score (nSPS) is 10.2. The van der Waals surface area contributed by atoms with Crippen molar-refractivity contribution in [3.05, 3.63) is 51.0 Å². The monoisotopic (exact) mass is 441 g/mol. The van der Waals surface area contributed by atoms with E-state index in [0.29, 0.717) is 17.2 Å². The number of carbonyl (C=O) groups excluding carboxylic acids is 2. The first-order valence-corrected chi connectivity index (χ1v) is 8.67. The molecule has 0 aliphatic rings. The average molecular weight is 443 g/mol. The van der Waals surface area contributed by atoms with Crippen LogP contribution in [-0.4, -0.2) is 32.7 Å². The fourth-order valence-corrected chi connectivity index (χ4v) is 3.04. The first kappa shape index (κ1) is 20.1. The molecule has 0 aliphatic heterocycles. The molecule has 138 valence electrons. The summed E-state index contributed by atoms with van der Waals surface area (Å²) in [5.41, 5.74) is 1.79. The third-order valence-electron chi connectivity index (χ3n) is 3.40. The van der Waals surface area contributed by atoms with Gasteiger partial charge in [-0.15, -0.1) is 0 Å². The van der Waals surface area contributed by atoms with E-state index >= 15 is 0 Å². The first-order valence-electron chi connectivity index (χ1n) is 7.50. The molecular formula is C18H17BrClNO5. The molecule has 6 nitrogen and oxygen atoms in total. The molecule has 0 saturated heterocycles. The molecular weight excluding hydrogens is 426 g/mol. The minimum absolute atomic E-state index is 0.150. The minimum atomic E-state index is -0.703. The quantitative estimate of drug-likeness (QED) is 0.678. The van der Waals surface area contributed by atoms with Crippen molar-refractivity contribution in [2.45, 2.75) is 6.92 Å². The summed E-state index contributed by atoms with van der Waals surface area (Å²) in [6, 6.07) is 8.31. The Kier molecular flexibility index (Phi) is 6.88. The summed E-state index contributed by atoms with van der Waals surface area (Å²) in [4.78, 5) is 24.2.